The average molecular weight is 257 g/mol. The van der Waals surface area contributed by atoms with Crippen LogP contribution in [0.25, 0.3) is 0 Å². The molecule has 1 fully saturated rings. The van der Waals surface area contributed by atoms with Crippen LogP contribution in [-0.2, 0) is 19.7 Å². The lowest BCUT2D eigenvalue weighted by molar-refractivity contribution is -0.151. The molecule has 0 aromatic carbocycles. The van der Waals surface area contributed by atoms with Gasteiger partial charge in [-0.25, -0.2) is 9.97 Å². The average Bonchev–Trinajstić information content (AvgIpc) is 2.38. The van der Waals surface area contributed by atoms with E-state index in [1.807, 2.05) is 0 Å². The summed E-state index contributed by atoms with van der Waals surface area (Å²) < 4.78 is 10.2. The molecule has 1 saturated heterocycles. The van der Waals surface area contributed by atoms with Gasteiger partial charge in [0.15, 0.2) is 0 Å². The predicted octanol–water partition coefficient (Wildman–Crippen LogP) is 1.35. The zero-order valence-electron chi connectivity index (χ0n) is 9.48. The van der Waals surface area contributed by atoms with Gasteiger partial charge in [0.25, 0.3) is 0 Å². The minimum atomic E-state index is -0.750. The van der Waals surface area contributed by atoms with Gasteiger partial charge in [0.2, 0.25) is 5.28 Å². The molecule has 2 rings (SSSR count). The van der Waals surface area contributed by atoms with Gasteiger partial charge in [0.05, 0.1) is 12.8 Å². The maximum absolute atomic E-state index is 12.0. The quantitative estimate of drug-likeness (QED) is 0.590. The van der Waals surface area contributed by atoms with E-state index >= 15 is 0 Å². The van der Waals surface area contributed by atoms with Gasteiger partial charge in [-0.2, -0.15) is 0 Å². The summed E-state index contributed by atoms with van der Waals surface area (Å²) in [7, 11) is 1.38. The topological polar surface area (TPSA) is 61.3 Å². The Balaban J connectivity index is 2.42. The Kier molecular flexibility index (Phi) is 3.59. The third kappa shape index (κ3) is 2.25. The Labute approximate surface area is 104 Å². The lowest BCUT2D eigenvalue weighted by Gasteiger charge is -2.33. The monoisotopic (exact) mass is 256 g/mol. The number of carbonyl (C=O) groups excluding carboxylic acids is 1. The molecule has 5 nitrogen and oxygen atoms in total. The van der Waals surface area contributed by atoms with Crippen LogP contribution in [0.3, 0.4) is 0 Å². The van der Waals surface area contributed by atoms with E-state index in [1.165, 1.54) is 7.11 Å². The first-order valence-corrected chi connectivity index (χ1v) is 5.72. The van der Waals surface area contributed by atoms with Crippen molar-refractivity contribution in [2.75, 3.05) is 20.3 Å². The first-order valence-electron chi connectivity index (χ1n) is 5.34. The Morgan fingerprint density at radius 3 is 2.82 bits per heavy atom. The van der Waals surface area contributed by atoms with Crippen LogP contribution in [0.2, 0.25) is 5.28 Å². The van der Waals surface area contributed by atoms with Gasteiger partial charge < -0.3 is 9.47 Å². The zero-order chi connectivity index (χ0) is 12.3. The summed E-state index contributed by atoms with van der Waals surface area (Å²) >= 11 is 5.77. The summed E-state index contributed by atoms with van der Waals surface area (Å²) in [5.74, 6) is -0.296. The number of esters is 1. The Morgan fingerprint density at radius 1 is 1.53 bits per heavy atom. The maximum atomic E-state index is 12.0. The lowest BCUT2D eigenvalue weighted by atomic mass is 9.77. The van der Waals surface area contributed by atoms with Gasteiger partial charge in [-0.1, -0.05) is 0 Å². The van der Waals surface area contributed by atoms with E-state index in [4.69, 9.17) is 21.1 Å². The number of methoxy groups -OCH3 is 1. The normalized spacial score (nSPS) is 18.7. The molecular formula is C11H13ClN2O3. The van der Waals surface area contributed by atoms with Crippen molar-refractivity contribution < 1.29 is 14.3 Å². The summed E-state index contributed by atoms with van der Waals surface area (Å²) in [5.41, 5.74) is -0.146. The van der Waals surface area contributed by atoms with Gasteiger partial charge in [-0.3, -0.25) is 4.79 Å². The zero-order valence-corrected chi connectivity index (χ0v) is 10.2. The molecule has 6 heteroatoms. The van der Waals surface area contributed by atoms with E-state index in [9.17, 15) is 4.79 Å². The summed E-state index contributed by atoms with van der Waals surface area (Å²) in [4.78, 5) is 20.0. The van der Waals surface area contributed by atoms with Crippen molar-refractivity contribution in [3.05, 3.63) is 23.2 Å². The molecule has 0 aliphatic carbocycles. The second-order valence-corrected chi connectivity index (χ2v) is 4.24. The highest BCUT2D eigenvalue weighted by molar-refractivity contribution is 6.28. The molecule has 92 valence electrons. The van der Waals surface area contributed by atoms with Crippen LogP contribution in [0.1, 0.15) is 18.5 Å². The number of hydrogen-bond donors (Lipinski definition) is 0. The van der Waals surface area contributed by atoms with Crippen LogP contribution < -0.4 is 0 Å². The summed E-state index contributed by atoms with van der Waals surface area (Å²) in [6.45, 7) is 1.02. The van der Waals surface area contributed by atoms with Crippen LogP contribution in [0.5, 0.6) is 0 Å². The highest BCUT2D eigenvalue weighted by Gasteiger charge is 2.44. The highest BCUT2D eigenvalue weighted by atomic mass is 35.5. The molecule has 0 saturated carbocycles. The molecule has 0 radical (unpaired) electrons. The van der Waals surface area contributed by atoms with Crippen LogP contribution in [0.15, 0.2) is 12.3 Å². The van der Waals surface area contributed by atoms with E-state index < -0.39 is 5.41 Å². The van der Waals surface area contributed by atoms with Crippen molar-refractivity contribution in [2.24, 2.45) is 0 Å². The Hall–Kier alpha value is -1.20. The molecule has 0 spiro atoms. The summed E-state index contributed by atoms with van der Waals surface area (Å²) in [6.07, 6.45) is 2.64. The fraction of sp³-hybridized carbons (Fsp3) is 0.545. The van der Waals surface area contributed by atoms with Gasteiger partial charge in [0, 0.05) is 19.4 Å². The van der Waals surface area contributed by atoms with Crippen molar-refractivity contribution in [2.45, 2.75) is 18.3 Å². The van der Waals surface area contributed by atoms with Gasteiger partial charge in [0.1, 0.15) is 5.41 Å². The maximum Gasteiger partial charge on any atom is 0.318 e. The standard InChI is InChI=1S/C11H13ClN2O3/c1-16-9(15)11(3-6-17-7-4-11)8-2-5-13-10(12)14-8/h2,5H,3-4,6-7H2,1H3. The van der Waals surface area contributed by atoms with Crippen LogP contribution in [0.4, 0.5) is 0 Å². The van der Waals surface area contributed by atoms with Crippen molar-refractivity contribution in [1.82, 2.24) is 9.97 Å². The summed E-state index contributed by atoms with van der Waals surface area (Å²) in [5, 5.41) is 0.136. The molecule has 1 aromatic rings. The third-order valence-corrected chi connectivity index (χ3v) is 3.22. The second kappa shape index (κ2) is 4.98. The molecular weight excluding hydrogens is 244 g/mol. The Morgan fingerprint density at radius 2 is 2.24 bits per heavy atom. The third-order valence-electron chi connectivity index (χ3n) is 3.04. The molecule has 0 amide bonds. The predicted molar refractivity (Wildman–Crippen MR) is 60.8 cm³/mol. The van der Waals surface area contributed by atoms with E-state index in [1.54, 1.807) is 12.3 Å². The van der Waals surface area contributed by atoms with Crippen molar-refractivity contribution in [1.29, 1.82) is 0 Å². The fourth-order valence-electron chi connectivity index (χ4n) is 2.08. The van der Waals surface area contributed by atoms with E-state index in [0.717, 1.165) is 0 Å². The minimum Gasteiger partial charge on any atom is -0.468 e. The molecule has 0 N–H and O–H groups in total. The van der Waals surface area contributed by atoms with Crippen LogP contribution in [0, 0.1) is 0 Å². The van der Waals surface area contributed by atoms with Crippen molar-refractivity contribution >= 4 is 17.6 Å². The first kappa shape index (κ1) is 12.3. The molecule has 0 bridgehead atoms. The van der Waals surface area contributed by atoms with Crippen molar-refractivity contribution in [3.8, 4) is 0 Å². The highest BCUT2D eigenvalue weighted by Crippen LogP contribution is 2.35. The number of aromatic nitrogens is 2. The SMILES string of the molecule is COC(=O)C1(c2ccnc(Cl)n2)CCOCC1. The number of nitrogens with zero attached hydrogens (tertiary/aromatic N) is 2. The molecule has 1 aliphatic rings. The van der Waals surface area contributed by atoms with Crippen LogP contribution in [-0.4, -0.2) is 36.3 Å². The fourth-order valence-corrected chi connectivity index (χ4v) is 2.23. The van der Waals surface area contributed by atoms with Crippen molar-refractivity contribution in [3.63, 3.8) is 0 Å². The lowest BCUT2D eigenvalue weighted by Crippen LogP contribution is -2.43. The molecule has 0 atom stereocenters. The van der Waals surface area contributed by atoms with E-state index in [2.05, 4.69) is 9.97 Å². The molecule has 1 aliphatic heterocycles. The van der Waals surface area contributed by atoms with Gasteiger partial charge in [-0.15, -0.1) is 0 Å². The van der Waals surface area contributed by atoms with E-state index in [-0.39, 0.29) is 11.3 Å². The van der Waals surface area contributed by atoms with Crippen LogP contribution >= 0.6 is 11.6 Å². The van der Waals surface area contributed by atoms with Gasteiger partial charge in [-0.05, 0) is 30.5 Å². The number of hydrogen-bond acceptors (Lipinski definition) is 5. The minimum absolute atomic E-state index is 0.136. The molecule has 1 aromatic heterocycles. The molecule has 17 heavy (non-hydrogen) atoms. The largest absolute Gasteiger partial charge is 0.468 e. The Bertz CT molecular complexity index is 419. The number of rotatable bonds is 2. The molecule has 0 unspecified atom stereocenters. The second-order valence-electron chi connectivity index (χ2n) is 3.90. The summed E-state index contributed by atoms with van der Waals surface area (Å²) in [6, 6.07) is 1.70. The van der Waals surface area contributed by atoms with Gasteiger partial charge >= 0.3 is 5.97 Å². The number of halogens is 1. The number of ether oxygens (including phenoxy) is 2. The number of carbonyl (C=O) groups is 1. The first-order chi connectivity index (χ1) is 8.19. The molecule has 2 heterocycles. The smallest absolute Gasteiger partial charge is 0.318 e. The van der Waals surface area contributed by atoms with E-state index in [0.29, 0.717) is 31.7 Å².